The maximum Gasteiger partial charge on any atom is 0.129 e. The van der Waals surface area contributed by atoms with Crippen LogP contribution < -0.4 is 5.32 Å². The maximum absolute atomic E-state index is 5.73. The highest BCUT2D eigenvalue weighted by molar-refractivity contribution is 9.10. The van der Waals surface area contributed by atoms with Crippen LogP contribution in [0.25, 0.3) is 0 Å². The number of rotatable bonds is 3. The molecular weight excluding hydrogens is 308 g/mol. The largest absolute Gasteiger partial charge is 0.376 e. The van der Waals surface area contributed by atoms with Crippen LogP contribution in [0.5, 0.6) is 0 Å². The molecule has 0 aliphatic rings. The van der Waals surface area contributed by atoms with Crippen LogP contribution in [-0.2, 0) is 0 Å². The third-order valence-corrected chi connectivity index (χ3v) is 4.43. The van der Waals surface area contributed by atoms with E-state index in [4.69, 9.17) is 11.6 Å². The number of hydrogen-bond donors (Lipinski definition) is 1. The summed E-state index contributed by atoms with van der Waals surface area (Å²) in [5, 5.41) is 5.95. The fourth-order valence-electron chi connectivity index (χ4n) is 1.39. The molecule has 1 atom stereocenters. The lowest BCUT2D eigenvalue weighted by Gasteiger charge is -2.14. The predicted molar refractivity (Wildman–Crippen MR) is 73.3 cm³/mol. The fourth-order valence-corrected chi connectivity index (χ4v) is 3.23. The fraction of sp³-hybridized carbons (Fsp3) is 0.182. The first-order valence-electron chi connectivity index (χ1n) is 4.78. The first-order chi connectivity index (χ1) is 7.66. The quantitative estimate of drug-likeness (QED) is 0.828. The van der Waals surface area contributed by atoms with Gasteiger partial charge in [-0.2, -0.15) is 0 Å². The first kappa shape index (κ1) is 11.9. The molecule has 0 aliphatic heterocycles. The number of nitrogens with one attached hydrogen (secondary N) is 1. The van der Waals surface area contributed by atoms with Crippen molar-refractivity contribution in [2.24, 2.45) is 0 Å². The maximum atomic E-state index is 5.73. The molecule has 1 unspecified atom stereocenters. The zero-order valence-electron chi connectivity index (χ0n) is 8.58. The van der Waals surface area contributed by atoms with Gasteiger partial charge in [0.1, 0.15) is 5.15 Å². The van der Waals surface area contributed by atoms with Crippen LogP contribution in [0.2, 0.25) is 5.15 Å². The first-order valence-corrected chi connectivity index (χ1v) is 6.83. The SMILES string of the molecule is CC(Nc1ccc(Cl)nc1)c1sccc1Br. The van der Waals surface area contributed by atoms with Crippen molar-refractivity contribution in [2.45, 2.75) is 13.0 Å². The highest BCUT2D eigenvalue weighted by Gasteiger charge is 2.10. The van der Waals surface area contributed by atoms with Crippen molar-refractivity contribution >= 4 is 44.6 Å². The lowest BCUT2D eigenvalue weighted by Crippen LogP contribution is -2.05. The second-order valence-electron chi connectivity index (χ2n) is 3.37. The Morgan fingerprint density at radius 2 is 2.25 bits per heavy atom. The molecule has 2 nitrogen and oxygen atoms in total. The standard InChI is InChI=1S/C11H10BrClN2S/c1-7(11-9(12)4-5-16-11)15-8-2-3-10(13)14-6-8/h2-7,15H,1H3. The predicted octanol–water partition coefficient (Wildman–Crippen LogP) is 4.73. The summed E-state index contributed by atoms with van der Waals surface area (Å²) >= 11 is 11.0. The number of aromatic nitrogens is 1. The third kappa shape index (κ3) is 2.75. The van der Waals surface area contributed by atoms with Gasteiger partial charge in [0, 0.05) is 9.35 Å². The van der Waals surface area contributed by atoms with Crippen molar-refractivity contribution in [1.82, 2.24) is 4.98 Å². The summed E-state index contributed by atoms with van der Waals surface area (Å²) in [4.78, 5) is 5.30. The Balaban J connectivity index is 2.10. The molecule has 1 N–H and O–H groups in total. The van der Waals surface area contributed by atoms with E-state index in [9.17, 15) is 0 Å². The molecule has 0 fully saturated rings. The highest BCUT2D eigenvalue weighted by atomic mass is 79.9. The molecule has 84 valence electrons. The summed E-state index contributed by atoms with van der Waals surface area (Å²) in [6, 6.07) is 6.00. The van der Waals surface area contributed by atoms with E-state index in [0.29, 0.717) is 5.15 Å². The molecule has 2 aromatic rings. The van der Waals surface area contributed by atoms with Gasteiger partial charge >= 0.3 is 0 Å². The van der Waals surface area contributed by atoms with Crippen molar-refractivity contribution in [1.29, 1.82) is 0 Å². The van der Waals surface area contributed by atoms with Crippen LogP contribution in [0.15, 0.2) is 34.2 Å². The number of pyridine rings is 1. The Morgan fingerprint density at radius 1 is 1.44 bits per heavy atom. The van der Waals surface area contributed by atoms with E-state index < -0.39 is 0 Å². The van der Waals surface area contributed by atoms with Crippen molar-refractivity contribution < 1.29 is 0 Å². The van der Waals surface area contributed by atoms with Gasteiger partial charge in [-0.25, -0.2) is 4.98 Å². The van der Waals surface area contributed by atoms with Gasteiger partial charge in [-0.05, 0) is 46.4 Å². The Morgan fingerprint density at radius 3 is 2.81 bits per heavy atom. The summed E-state index contributed by atoms with van der Waals surface area (Å²) in [7, 11) is 0. The summed E-state index contributed by atoms with van der Waals surface area (Å²) in [6.07, 6.45) is 1.74. The molecule has 0 spiro atoms. The van der Waals surface area contributed by atoms with E-state index in [1.807, 2.05) is 6.07 Å². The van der Waals surface area contributed by atoms with E-state index in [0.717, 1.165) is 10.2 Å². The van der Waals surface area contributed by atoms with Gasteiger partial charge in [0.05, 0.1) is 17.9 Å². The molecule has 16 heavy (non-hydrogen) atoms. The van der Waals surface area contributed by atoms with Gasteiger partial charge < -0.3 is 5.32 Å². The van der Waals surface area contributed by atoms with Gasteiger partial charge in [0.2, 0.25) is 0 Å². The molecule has 0 amide bonds. The highest BCUT2D eigenvalue weighted by Crippen LogP contribution is 2.30. The summed E-state index contributed by atoms with van der Waals surface area (Å²) in [6.45, 7) is 2.12. The molecule has 5 heteroatoms. The lowest BCUT2D eigenvalue weighted by atomic mass is 10.2. The molecule has 2 heterocycles. The second kappa shape index (κ2) is 5.17. The van der Waals surface area contributed by atoms with Crippen LogP contribution in [0.1, 0.15) is 17.8 Å². The molecule has 0 saturated heterocycles. The molecule has 2 aromatic heterocycles. The number of hydrogen-bond acceptors (Lipinski definition) is 3. The van der Waals surface area contributed by atoms with Crippen LogP contribution in [0.4, 0.5) is 5.69 Å². The van der Waals surface area contributed by atoms with Crippen molar-refractivity contribution in [3.63, 3.8) is 0 Å². The minimum Gasteiger partial charge on any atom is -0.376 e. The lowest BCUT2D eigenvalue weighted by molar-refractivity contribution is 0.901. The molecule has 0 aromatic carbocycles. The molecular formula is C11H10BrClN2S. The van der Waals surface area contributed by atoms with Gasteiger partial charge in [-0.1, -0.05) is 11.6 Å². The van der Waals surface area contributed by atoms with Gasteiger partial charge in [-0.15, -0.1) is 11.3 Å². The zero-order valence-corrected chi connectivity index (χ0v) is 11.7. The Kier molecular flexibility index (Phi) is 3.84. The number of anilines is 1. The van der Waals surface area contributed by atoms with E-state index >= 15 is 0 Å². The summed E-state index contributed by atoms with van der Waals surface area (Å²) in [5.41, 5.74) is 0.970. The van der Waals surface area contributed by atoms with Crippen LogP contribution >= 0.6 is 38.9 Å². The summed E-state index contributed by atoms with van der Waals surface area (Å²) in [5.74, 6) is 0. The minimum absolute atomic E-state index is 0.248. The van der Waals surface area contributed by atoms with Crippen LogP contribution in [0.3, 0.4) is 0 Å². The second-order valence-corrected chi connectivity index (χ2v) is 5.56. The molecule has 0 radical (unpaired) electrons. The van der Waals surface area contributed by atoms with Crippen molar-refractivity contribution in [3.8, 4) is 0 Å². The summed E-state index contributed by atoms with van der Waals surface area (Å²) < 4.78 is 1.14. The average molecular weight is 318 g/mol. The average Bonchev–Trinajstić information content (AvgIpc) is 2.68. The molecule has 0 bridgehead atoms. The minimum atomic E-state index is 0.248. The zero-order chi connectivity index (χ0) is 11.5. The monoisotopic (exact) mass is 316 g/mol. The Labute approximate surface area is 112 Å². The molecule has 0 aliphatic carbocycles. The molecule has 2 rings (SSSR count). The van der Waals surface area contributed by atoms with Crippen molar-refractivity contribution in [3.05, 3.63) is 44.3 Å². The third-order valence-electron chi connectivity index (χ3n) is 2.15. The number of thiophene rings is 1. The van der Waals surface area contributed by atoms with E-state index in [-0.39, 0.29) is 6.04 Å². The van der Waals surface area contributed by atoms with Gasteiger partial charge in [-0.3, -0.25) is 0 Å². The van der Waals surface area contributed by atoms with E-state index in [2.05, 4.69) is 44.6 Å². The smallest absolute Gasteiger partial charge is 0.129 e. The molecule has 0 saturated carbocycles. The van der Waals surface area contributed by atoms with E-state index in [1.54, 1.807) is 23.6 Å². The van der Waals surface area contributed by atoms with Gasteiger partial charge in [0.25, 0.3) is 0 Å². The topological polar surface area (TPSA) is 24.9 Å². The number of halogens is 2. The number of nitrogens with zero attached hydrogens (tertiary/aromatic N) is 1. The van der Waals surface area contributed by atoms with Gasteiger partial charge in [0.15, 0.2) is 0 Å². The van der Waals surface area contributed by atoms with Crippen LogP contribution in [0, 0.1) is 0 Å². The normalized spacial score (nSPS) is 12.4. The van der Waals surface area contributed by atoms with E-state index in [1.165, 1.54) is 4.88 Å². The Hall–Kier alpha value is -0.580. The Bertz CT molecular complexity index is 469. The van der Waals surface area contributed by atoms with Crippen molar-refractivity contribution in [2.75, 3.05) is 5.32 Å². The van der Waals surface area contributed by atoms with Crippen LogP contribution in [-0.4, -0.2) is 4.98 Å².